The van der Waals surface area contributed by atoms with Gasteiger partial charge in [0.1, 0.15) is 17.3 Å². The molecule has 1 aromatic heterocycles. The highest BCUT2D eigenvalue weighted by atomic mass is 35.5. The molecule has 2 aromatic rings. The van der Waals surface area contributed by atoms with Crippen LogP contribution < -0.4 is 5.32 Å². The molecule has 0 bridgehead atoms. The number of hydrogen-bond donors (Lipinski definition) is 1. The number of piperidine rings is 1. The first kappa shape index (κ1) is 17.7. The van der Waals surface area contributed by atoms with Gasteiger partial charge in [-0.05, 0) is 37.3 Å². The molecule has 1 amide bonds. The van der Waals surface area contributed by atoms with E-state index in [1.165, 1.54) is 6.42 Å². The van der Waals surface area contributed by atoms with Crippen molar-refractivity contribution in [3.05, 3.63) is 52.4 Å². The van der Waals surface area contributed by atoms with Crippen molar-refractivity contribution in [1.29, 1.82) is 0 Å². The van der Waals surface area contributed by atoms with E-state index in [2.05, 4.69) is 22.2 Å². The normalized spacial score (nSPS) is 17.4. The minimum absolute atomic E-state index is 0.0159. The SMILES string of the molecule is Cc1nc(NCc2ccccc2Cl)cc(C(=O)N2CCCC(C)C2)n1. The Kier molecular flexibility index (Phi) is 5.53. The summed E-state index contributed by atoms with van der Waals surface area (Å²) in [5.74, 6) is 1.75. The number of anilines is 1. The number of nitrogens with zero attached hydrogens (tertiary/aromatic N) is 3. The fourth-order valence-electron chi connectivity index (χ4n) is 3.13. The molecule has 1 aliphatic rings. The Morgan fingerprint density at radius 2 is 2.16 bits per heavy atom. The Hall–Kier alpha value is -2.14. The molecule has 132 valence electrons. The predicted molar refractivity (Wildman–Crippen MR) is 99.8 cm³/mol. The topological polar surface area (TPSA) is 58.1 Å². The average molecular weight is 359 g/mol. The first-order chi connectivity index (χ1) is 12.0. The van der Waals surface area contributed by atoms with Gasteiger partial charge in [-0.25, -0.2) is 9.97 Å². The van der Waals surface area contributed by atoms with Crippen molar-refractivity contribution in [1.82, 2.24) is 14.9 Å². The van der Waals surface area contributed by atoms with Crippen LogP contribution in [0, 0.1) is 12.8 Å². The van der Waals surface area contributed by atoms with Crippen LogP contribution in [0.1, 0.15) is 41.6 Å². The summed E-state index contributed by atoms with van der Waals surface area (Å²) in [6, 6.07) is 9.39. The van der Waals surface area contributed by atoms with E-state index in [4.69, 9.17) is 11.6 Å². The average Bonchev–Trinajstić information content (AvgIpc) is 2.60. The van der Waals surface area contributed by atoms with Crippen LogP contribution in [0.2, 0.25) is 5.02 Å². The zero-order chi connectivity index (χ0) is 17.8. The smallest absolute Gasteiger partial charge is 0.272 e. The third kappa shape index (κ3) is 4.48. The van der Waals surface area contributed by atoms with Crippen molar-refractivity contribution in [3.8, 4) is 0 Å². The largest absolute Gasteiger partial charge is 0.366 e. The van der Waals surface area contributed by atoms with Gasteiger partial charge in [-0.15, -0.1) is 0 Å². The van der Waals surface area contributed by atoms with Gasteiger partial charge in [0.05, 0.1) is 0 Å². The summed E-state index contributed by atoms with van der Waals surface area (Å²) in [6.07, 6.45) is 2.23. The lowest BCUT2D eigenvalue weighted by Crippen LogP contribution is -2.39. The molecule has 1 aromatic carbocycles. The molecule has 1 aliphatic heterocycles. The maximum absolute atomic E-state index is 12.8. The molecule has 1 N–H and O–H groups in total. The summed E-state index contributed by atoms with van der Waals surface area (Å²) >= 11 is 6.19. The van der Waals surface area contributed by atoms with Crippen molar-refractivity contribution >= 4 is 23.3 Å². The summed E-state index contributed by atoms with van der Waals surface area (Å²) in [7, 11) is 0. The van der Waals surface area contributed by atoms with E-state index in [1.807, 2.05) is 29.2 Å². The molecule has 0 saturated carbocycles. The molecule has 1 saturated heterocycles. The van der Waals surface area contributed by atoms with Crippen molar-refractivity contribution < 1.29 is 4.79 Å². The highest BCUT2D eigenvalue weighted by Crippen LogP contribution is 2.19. The van der Waals surface area contributed by atoms with Gasteiger partial charge >= 0.3 is 0 Å². The monoisotopic (exact) mass is 358 g/mol. The Bertz CT molecular complexity index is 765. The number of hydrogen-bond acceptors (Lipinski definition) is 4. The number of halogens is 1. The summed E-state index contributed by atoms with van der Waals surface area (Å²) in [5.41, 5.74) is 1.43. The summed E-state index contributed by atoms with van der Waals surface area (Å²) in [4.78, 5) is 23.4. The van der Waals surface area contributed by atoms with Gasteiger partial charge in [0.2, 0.25) is 0 Å². The lowest BCUT2D eigenvalue weighted by Gasteiger charge is -2.30. The van der Waals surface area contributed by atoms with E-state index < -0.39 is 0 Å². The maximum atomic E-state index is 12.8. The lowest BCUT2D eigenvalue weighted by atomic mass is 10.00. The molecule has 1 atom stereocenters. The van der Waals surface area contributed by atoms with Crippen LogP contribution >= 0.6 is 11.6 Å². The Labute approximate surface area is 153 Å². The minimum atomic E-state index is -0.0159. The van der Waals surface area contributed by atoms with Gasteiger partial charge < -0.3 is 10.2 Å². The molecule has 1 fully saturated rings. The van der Waals surface area contributed by atoms with Crippen LogP contribution in [-0.2, 0) is 6.54 Å². The van der Waals surface area contributed by atoms with Crippen LogP contribution in [0.25, 0.3) is 0 Å². The van der Waals surface area contributed by atoms with Crippen molar-refractivity contribution in [2.24, 2.45) is 5.92 Å². The molecule has 3 rings (SSSR count). The van der Waals surface area contributed by atoms with E-state index in [0.29, 0.717) is 34.8 Å². The molecule has 5 nitrogen and oxygen atoms in total. The zero-order valence-electron chi connectivity index (χ0n) is 14.6. The number of carbonyl (C=O) groups is 1. The van der Waals surface area contributed by atoms with E-state index in [9.17, 15) is 4.79 Å². The van der Waals surface area contributed by atoms with Gasteiger partial charge in [0.25, 0.3) is 5.91 Å². The Morgan fingerprint density at radius 3 is 2.92 bits per heavy atom. The fourth-order valence-corrected chi connectivity index (χ4v) is 3.33. The predicted octanol–water partition coefficient (Wildman–Crippen LogP) is 3.92. The molecule has 0 radical (unpaired) electrons. The van der Waals surface area contributed by atoms with Crippen LogP contribution in [0.4, 0.5) is 5.82 Å². The molecule has 0 aliphatic carbocycles. The molecular formula is C19H23ClN4O. The van der Waals surface area contributed by atoms with Gasteiger partial charge in [-0.2, -0.15) is 0 Å². The minimum Gasteiger partial charge on any atom is -0.366 e. The van der Waals surface area contributed by atoms with Crippen LogP contribution in [0.5, 0.6) is 0 Å². The lowest BCUT2D eigenvalue weighted by molar-refractivity contribution is 0.0676. The fraction of sp³-hybridized carbons (Fsp3) is 0.421. The van der Waals surface area contributed by atoms with Gasteiger partial charge in [0.15, 0.2) is 0 Å². The zero-order valence-corrected chi connectivity index (χ0v) is 15.4. The number of likely N-dealkylation sites (tertiary alicyclic amines) is 1. The van der Waals surface area contributed by atoms with Gasteiger partial charge in [-0.3, -0.25) is 4.79 Å². The van der Waals surface area contributed by atoms with Crippen molar-refractivity contribution in [2.45, 2.75) is 33.2 Å². The second-order valence-corrected chi connectivity index (χ2v) is 7.04. The van der Waals surface area contributed by atoms with E-state index in [1.54, 1.807) is 13.0 Å². The first-order valence-corrected chi connectivity index (χ1v) is 9.03. The number of rotatable bonds is 4. The standard InChI is InChI=1S/C19H23ClN4O/c1-13-6-5-9-24(12-13)19(25)17-10-18(23-14(2)22-17)21-11-15-7-3-4-8-16(15)20/h3-4,7-8,10,13H,5-6,9,11-12H2,1-2H3,(H,21,22,23). The van der Waals surface area contributed by atoms with E-state index in [0.717, 1.165) is 25.1 Å². The molecule has 0 spiro atoms. The van der Waals surface area contributed by atoms with Crippen LogP contribution in [0.15, 0.2) is 30.3 Å². The highest BCUT2D eigenvalue weighted by molar-refractivity contribution is 6.31. The molecule has 2 heterocycles. The third-order valence-corrected chi connectivity index (χ3v) is 4.79. The quantitative estimate of drug-likeness (QED) is 0.899. The first-order valence-electron chi connectivity index (χ1n) is 8.65. The number of aromatic nitrogens is 2. The van der Waals surface area contributed by atoms with Gasteiger partial charge in [0, 0.05) is 30.7 Å². The van der Waals surface area contributed by atoms with Crippen LogP contribution in [-0.4, -0.2) is 33.9 Å². The van der Waals surface area contributed by atoms with Crippen LogP contribution in [0.3, 0.4) is 0 Å². The summed E-state index contributed by atoms with van der Waals surface area (Å²) in [6.45, 7) is 6.13. The summed E-state index contributed by atoms with van der Waals surface area (Å²) in [5, 5.41) is 3.95. The number of benzene rings is 1. The van der Waals surface area contributed by atoms with Gasteiger partial charge in [-0.1, -0.05) is 36.7 Å². The van der Waals surface area contributed by atoms with Crippen molar-refractivity contribution in [3.63, 3.8) is 0 Å². The van der Waals surface area contributed by atoms with Crippen molar-refractivity contribution in [2.75, 3.05) is 18.4 Å². The van der Waals surface area contributed by atoms with E-state index in [-0.39, 0.29) is 5.91 Å². The number of carbonyl (C=O) groups excluding carboxylic acids is 1. The Morgan fingerprint density at radius 1 is 1.36 bits per heavy atom. The van der Waals surface area contributed by atoms with E-state index >= 15 is 0 Å². The second-order valence-electron chi connectivity index (χ2n) is 6.63. The third-order valence-electron chi connectivity index (χ3n) is 4.42. The Balaban J connectivity index is 1.74. The summed E-state index contributed by atoms with van der Waals surface area (Å²) < 4.78 is 0. The highest BCUT2D eigenvalue weighted by Gasteiger charge is 2.23. The number of nitrogens with one attached hydrogen (secondary N) is 1. The molecule has 1 unspecified atom stereocenters. The molecular weight excluding hydrogens is 336 g/mol. The second kappa shape index (κ2) is 7.83. The molecule has 6 heteroatoms. The number of aryl methyl sites for hydroxylation is 1. The molecule has 25 heavy (non-hydrogen) atoms. The number of amides is 1. The maximum Gasteiger partial charge on any atom is 0.272 e.